The lowest BCUT2D eigenvalue weighted by Gasteiger charge is -2.22. The summed E-state index contributed by atoms with van der Waals surface area (Å²) in [5.41, 5.74) is -0.564. The van der Waals surface area contributed by atoms with Crippen LogP contribution in [0.25, 0.3) is 0 Å². The van der Waals surface area contributed by atoms with E-state index in [2.05, 4.69) is 13.8 Å². The Labute approximate surface area is 137 Å². The van der Waals surface area contributed by atoms with Crippen molar-refractivity contribution >= 4 is 8.58 Å². The van der Waals surface area contributed by atoms with Gasteiger partial charge in [0.15, 0.2) is 5.67 Å². The zero-order chi connectivity index (χ0) is 16.1. The van der Waals surface area contributed by atoms with Gasteiger partial charge in [-0.15, -0.1) is 8.58 Å². The minimum Gasteiger partial charge on any atom is -0.234 e. The second kappa shape index (κ2) is 11.6. The molecule has 0 nitrogen and oxygen atoms in total. The van der Waals surface area contributed by atoms with Crippen LogP contribution in [0.2, 0.25) is 0 Å². The molecule has 0 fully saturated rings. The molecule has 1 aliphatic carbocycles. The highest BCUT2D eigenvalue weighted by molar-refractivity contribution is 7.37. The summed E-state index contributed by atoms with van der Waals surface area (Å²) in [6.07, 6.45) is 16.1. The van der Waals surface area contributed by atoms with Gasteiger partial charge in [0, 0.05) is 6.42 Å². The molecule has 122 valence electrons. The van der Waals surface area contributed by atoms with Gasteiger partial charge in [0.05, 0.1) is 0 Å². The Morgan fingerprint density at radius 2 is 1.64 bits per heavy atom. The minimum absolute atomic E-state index is 0.438. The van der Waals surface area contributed by atoms with Crippen LogP contribution >= 0.6 is 8.58 Å². The smallest absolute Gasteiger partial charge is 0.157 e. The zero-order valence-corrected chi connectivity index (χ0v) is 15.0. The summed E-state index contributed by atoms with van der Waals surface area (Å²) in [5.74, 6) is 0. The fraction of sp³-hybridized carbons (Fsp3) is 0.500. The number of allylic oxidation sites excluding steroid dienone is 4. The molecule has 1 atom stereocenters. The van der Waals surface area contributed by atoms with Gasteiger partial charge in [-0.2, -0.15) is 0 Å². The van der Waals surface area contributed by atoms with Crippen LogP contribution in [0.3, 0.4) is 0 Å². The monoisotopic (exact) mass is 320 g/mol. The topological polar surface area (TPSA) is 0 Å². The Hall–Kier alpha value is -0.940. The van der Waals surface area contributed by atoms with Gasteiger partial charge in [-0.3, -0.25) is 0 Å². The average molecular weight is 320 g/mol. The van der Waals surface area contributed by atoms with Gasteiger partial charge in [-0.25, -0.2) is 4.39 Å². The molecule has 0 N–H and O–H groups in total. The number of alkyl halides is 1. The van der Waals surface area contributed by atoms with E-state index in [1.165, 1.54) is 46.6 Å². The van der Waals surface area contributed by atoms with Crippen molar-refractivity contribution in [2.45, 2.75) is 51.6 Å². The molecule has 0 saturated heterocycles. The predicted molar refractivity (Wildman–Crippen MR) is 100.0 cm³/mol. The van der Waals surface area contributed by atoms with Crippen LogP contribution < -0.4 is 0 Å². The van der Waals surface area contributed by atoms with Gasteiger partial charge < -0.3 is 0 Å². The van der Waals surface area contributed by atoms with Gasteiger partial charge >= 0.3 is 0 Å². The molecule has 2 heteroatoms. The first-order chi connectivity index (χ1) is 10.7. The van der Waals surface area contributed by atoms with E-state index in [0.717, 1.165) is 5.56 Å². The quantitative estimate of drug-likeness (QED) is 0.390. The third-order valence-electron chi connectivity index (χ3n) is 3.69. The lowest BCUT2D eigenvalue weighted by atomic mass is 9.89. The number of rotatable bonds is 7. The summed E-state index contributed by atoms with van der Waals surface area (Å²) < 4.78 is 14.2. The van der Waals surface area contributed by atoms with E-state index in [-0.39, 0.29) is 0 Å². The normalized spacial score (nSPS) is 19.6. The molecule has 1 unspecified atom stereocenters. The van der Waals surface area contributed by atoms with Gasteiger partial charge in [0.1, 0.15) is 0 Å². The van der Waals surface area contributed by atoms with E-state index in [1.54, 1.807) is 12.2 Å². The Bertz CT molecular complexity index is 432. The first kappa shape index (κ1) is 19.1. The largest absolute Gasteiger partial charge is 0.234 e. The maximum absolute atomic E-state index is 14.2. The lowest BCUT2D eigenvalue weighted by Crippen LogP contribution is -2.17. The zero-order valence-electron chi connectivity index (χ0n) is 14.0. The summed E-state index contributed by atoms with van der Waals surface area (Å²) >= 11 is 0. The Morgan fingerprint density at radius 3 is 2.14 bits per heavy atom. The van der Waals surface area contributed by atoms with Crippen molar-refractivity contribution in [1.29, 1.82) is 0 Å². The molecule has 0 spiro atoms. The molecular formula is C20H30FP. The van der Waals surface area contributed by atoms with Crippen molar-refractivity contribution in [1.82, 2.24) is 0 Å². The van der Waals surface area contributed by atoms with Crippen LogP contribution in [0.5, 0.6) is 0 Å². The second-order valence-corrected chi connectivity index (χ2v) is 7.18. The molecular weight excluding hydrogens is 290 g/mol. The molecule has 0 amide bonds. The summed E-state index contributed by atoms with van der Waals surface area (Å²) in [6, 6.07) is 9.27. The minimum atomic E-state index is -1.30. The number of unbranched alkanes of at least 4 members (excludes halogenated alkanes) is 2. The van der Waals surface area contributed by atoms with E-state index in [9.17, 15) is 4.39 Å². The molecule has 1 aliphatic rings. The van der Waals surface area contributed by atoms with Crippen LogP contribution in [0.15, 0.2) is 54.6 Å². The molecule has 0 radical (unpaired) electrons. The van der Waals surface area contributed by atoms with Crippen LogP contribution in [0.1, 0.15) is 51.5 Å². The van der Waals surface area contributed by atoms with Crippen molar-refractivity contribution in [2.75, 3.05) is 12.3 Å². The highest BCUT2D eigenvalue weighted by Crippen LogP contribution is 2.33. The molecule has 0 bridgehead atoms. The Balaban J connectivity index is 0.000000239. The first-order valence-corrected chi connectivity index (χ1v) is 9.94. The number of benzene rings is 1. The Kier molecular flexibility index (Phi) is 10.1. The molecule has 0 aliphatic heterocycles. The highest BCUT2D eigenvalue weighted by atomic mass is 31.1. The van der Waals surface area contributed by atoms with Crippen LogP contribution in [0.4, 0.5) is 4.39 Å². The summed E-state index contributed by atoms with van der Waals surface area (Å²) in [5, 5.41) is 0. The third-order valence-corrected chi connectivity index (χ3v) is 5.10. The molecule has 2 rings (SSSR count). The molecule has 1 aromatic rings. The maximum atomic E-state index is 14.2. The van der Waals surface area contributed by atoms with Crippen molar-refractivity contribution in [3.05, 3.63) is 60.2 Å². The molecule has 0 heterocycles. The average Bonchev–Trinajstić information content (AvgIpc) is 2.57. The van der Waals surface area contributed by atoms with Gasteiger partial charge in [-0.1, -0.05) is 75.2 Å². The van der Waals surface area contributed by atoms with Crippen molar-refractivity contribution in [2.24, 2.45) is 0 Å². The third kappa shape index (κ3) is 7.36. The highest BCUT2D eigenvalue weighted by Gasteiger charge is 2.27. The second-order valence-electron chi connectivity index (χ2n) is 5.68. The molecule has 0 aromatic heterocycles. The summed E-state index contributed by atoms with van der Waals surface area (Å²) in [4.78, 5) is 0. The number of halogens is 1. The van der Waals surface area contributed by atoms with Crippen molar-refractivity contribution < 1.29 is 4.39 Å². The standard InChI is InChI=1S/C12H11F.C8H19P/c13-12(9-5-2-6-10-12)11-7-3-1-4-8-11;1-3-5-7-9-8-6-4-2/h1-9H,10H2;9H,3-8H2,1-2H3. The van der Waals surface area contributed by atoms with E-state index in [4.69, 9.17) is 0 Å². The first-order valence-electron chi connectivity index (χ1n) is 8.52. The van der Waals surface area contributed by atoms with E-state index < -0.39 is 5.67 Å². The fourth-order valence-electron chi connectivity index (χ4n) is 2.25. The van der Waals surface area contributed by atoms with Gasteiger partial charge in [0.2, 0.25) is 0 Å². The molecule has 22 heavy (non-hydrogen) atoms. The van der Waals surface area contributed by atoms with E-state index >= 15 is 0 Å². The summed E-state index contributed by atoms with van der Waals surface area (Å²) in [6.45, 7) is 4.54. The van der Waals surface area contributed by atoms with E-state index in [0.29, 0.717) is 6.42 Å². The molecule has 1 aromatic carbocycles. The summed E-state index contributed by atoms with van der Waals surface area (Å²) in [7, 11) is 1.25. The van der Waals surface area contributed by atoms with Crippen LogP contribution in [0, 0.1) is 0 Å². The fourth-order valence-corrected chi connectivity index (χ4v) is 3.71. The Morgan fingerprint density at radius 1 is 1.00 bits per heavy atom. The van der Waals surface area contributed by atoms with Crippen LogP contribution in [-0.2, 0) is 5.67 Å². The predicted octanol–water partition coefficient (Wildman–Crippen LogP) is 6.63. The maximum Gasteiger partial charge on any atom is 0.157 e. The van der Waals surface area contributed by atoms with Crippen molar-refractivity contribution in [3.8, 4) is 0 Å². The SMILES string of the molecule is CCCCPCCCC.FC1(c2ccccc2)C=CC=CC1. The van der Waals surface area contributed by atoms with Gasteiger partial charge in [0.25, 0.3) is 0 Å². The van der Waals surface area contributed by atoms with E-state index in [1.807, 2.05) is 42.5 Å². The van der Waals surface area contributed by atoms with Crippen LogP contribution in [-0.4, -0.2) is 12.3 Å². The number of hydrogen-bond acceptors (Lipinski definition) is 0. The number of hydrogen-bond donors (Lipinski definition) is 0. The van der Waals surface area contributed by atoms with Gasteiger partial charge in [-0.05, 0) is 36.8 Å². The van der Waals surface area contributed by atoms with Crippen molar-refractivity contribution in [3.63, 3.8) is 0 Å². The lowest BCUT2D eigenvalue weighted by molar-refractivity contribution is 0.236. The molecule has 0 saturated carbocycles.